The van der Waals surface area contributed by atoms with Crippen LogP contribution >= 0.6 is 0 Å². The summed E-state index contributed by atoms with van der Waals surface area (Å²) in [5.74, 6) is -0.324. The Hall–Kier alpha value is -3.27. The highest BCUT2D eigenvalue weighted by molar-refractivity contribution is 5.77. The van der Waals surface area contributed by atoms with Gasteiger partial charge in [0.1, 0.15) is 6.54 Å². The van der Waals surface area contributed by atoms with Gasteiger partial charge in [-0.2, -0.15) is 0 Å². The number of imidazole rings is 1. The van der Waals surface area contributed by atoms with E-state index in [1.807, 2.05) is 6.07 Å². The molecule has 1 aliphatic heterocycles. The van der Waals surface area contributed by atoms with Crippen molar-refractivity contribution in [2.45, 2.75) is 32.0 Å². The number of hydrogen-bond acceptors (Lipinski definition) is 6. The quantitative estimate of drug-likeness (QED) is 0.566. The molecule has 3 aromatic rings. The van der Waals surface area contributed by atoms with Crippen molar-refractivity contribution in [2.75, 3.05) is 13.2 Å². The van der Waals surface area contributed by atoms with Gasteiger partial charge in [-0.05, 0) is 24.5 Å². The molecule has 1 aliphatic rings. The van der Waals surface area contributed by atoms with Crippen molar-refractivity contribution in [3.63, 3.8) is 0 Å². The predicted molar refractivity (Wildman–Crippen MR) is 109 cm³/mol. The summed E-state index contributed by atoms with van der Waals surface area (Å²) < 4.78 is 9.51. The van der Waals surface area contributed by atoms with E-state index in [1.165, 1.54) is 17.9 Å². The van der Waals surface area contributed by atoms with Gasteiger partial charge in [0.05, 0.1) is 12.4 Å². The molecule has 0 spiro atoms. The molecule has 10 nitrogen and oxygen atoms in total. The van der Waals surface area contributed by atoms with Gasteiger partial charge in [0.25, 0.3) is 5.56 Å². The molecular weight excluding hydrogens is 388 g/mol. The smallest absolute Gasteiger partial charge is 0.332 e. The van der Waals surface area contributed by atoms with Crippen LogP contribution in [0.15, 0.2) is 40.4 Å². The lowest BCUT2D eigenvalue weighted by Crippen LogP contribution is -2.46. The second-order valence-corrected chi connectivity index (χ2v) is 7.53. The number of amides is 1. The Morgan fingerprint density at radius 1 is 1.33 bits per heavy atom. The molecular formula is C20H24N6O4. The SMILES string of the molecule is Cn1cnc2c1c(=O)n(CC(=O)N(Cc1cccnc1)CC1CCCO1)c(=O)n2C. The highest BCUT2D eigenvalue weighted by atomic mass is 16.5. The standard InChI is InChI=1S/C20H24N6O4/c1-23-13-22-18-17(23)19(28)26(20(29)24(18)2)12-16(27)25(11-15-6-4-8-30-15)10-14-5-3-7-21-9-14/h3,5,7,9,13,15H,4,6,8,10-12H2,1-2H3. The van der Waals surface area contributed by atoms with Crippen molar-refractivity contribution in [1.29, 1.82) is 0 Å². The number of ether oxygens (including phenoxy) is 1. The second-order valence-electron chi connectivity index (χ2n) is 7.53. The van der Waals surface area contributed by atoms with Crippen molar-refractivity contribution in [3.8, 4) is 0 Å². The van der Waals surface area contributed by atoms with Crippen LogP contribution in [-0.2, 0) is 36.7 Å². The zero-order valence-electron chi connectivity index (χ0n) is 17.0. The first kappa shape index (κ1) is 20.0. The fraction of sp³-hybridized carbons (Fsp3) is 0.450. The summed E-state index contributed by atoms with van der Waals surface area (Å²) in [6.45, 7) is 1.06. The molecule has 1 unspecified atom stereocenters. The van der Waals surface area contributed by atoms with Crippen molar-refractivity contribution < 1.29 is 9.53 Å². The predicted octanol–water partition coefficient (Wildman–Crippen LogP) is 0.0365. The third-order valence-electron chi connectivity index (χ3n) is 5.39. The lowest BCUT2D eigenvalue weighted by molar-refractivity contribution is -0.134. The Balaban J connectivity index is 1.65. The van der Waals surface area contributed by atoms with Gasteiger partial charge in [0.2, 0.25) is 5.91 Å². The maximum atomic E-state index is 13.2. The zero-order chi connectivity index (χ0) is 21.3. The van der Waals surface area contributed by atoms with Crippen LogP contribution < -0.4 is 11.2 Å². The maximum absolute atomic E-state index is 13.2. The summed E-state index contributed by atoms with van der Waals surface area (Å²) in [5, 5.41) is 0. The third-order valence-corrected chi connectivity index (χ3v) is 5.39. The van der Waals surface area contributed by atoms with Crippen molar-refractivity contribution in [1.82, 2.24) is 28.6 Å². The van der Waals surface area contributed by atoms with E-state index in [2.05, 4.69) is 9.97 Å². The fourth-order valence-electron chi connectivity index (χ4n) is 3.77. The number of aromatic nitrogens is 5. The lowest BCUT2D eigenvalue weighted by atomic mass is 10.2. The molecule has 0 saturated carbocycles. The molecule has 0 N–H and O–H groups in total. The summed E-state index contributed by atoms with van der Waals surface area (Å²) in [5.41, 5.74) is 0.342. The van der Waals surface area contributed by atoms with Crippen LogP contribution in [0.3, 0.4) is 0 Å². The minimum atomic E-state index is -0.571. The summed E-state index contributed by atoms with van der Waals surface area (Å²) in [6, 6.07) is 3.69. The van der Waals surface area contributed by atoms with Gasteiger partial charge >= 0.3 is 5.69 Å². The number of carbonyl (C=O) groups is 1. The van der Waals surface area contributed by atoms with Gasteiger partial charge in [-0.15, -0.1) is 0 Å². The summed E-state index contributed by atoms with van der Waals surface area (Å²) in [6.07, 6.45) is 6.62. The molecule has 0 radical (unpaired) electrons. The van der Waals surface area contributed by atoms with E-state index < -0.39 is 11.2 Å². The van der Waals surface area contributed by atoms with Crippen molar-refractivity contribution in [3.05, 3.63) is 57.3 Å². The van der Waals surface area contributed by atoms with Crippen molar-refractivity contribution >= 4 is 17.1 Å². The van der Waals surface area contributed by atoms with Gasteiger partial charge in [0, 0.05) is 46.2 Å². The first-order valence-electron chi connectivity index (χ1n) is 9.85. The maximum Gasteiger partial charge on any atom is 0.332 e. The molecule has 158 valence electrons. The molecule has 0 bridgehead atoms. The van der Waals surface area contributed by atoms with Crippen LogP contribution in [0.5, 0.6) is 0 Å². The highest BCUT2D eigenvalue weighted by Crippen LogP contribution is 2.15. The lowest BCUT2D eigenvalue weighted by Gasteiger charge is -2.26. The molecule has 1 saturated heterocycles. The largest absolute Gasteiger partial charge is 0.376 e. The first-order valence-corrected chi connectivity index (χ1v) is 9.85. The minimum absolute atomic E-state index is 0.0512. The molecule has 1 fully saturated rings. The van der Waals surface area contributed by atoms with Gasteiger partial charge in [-0.25, -0.2) is 14.3 Å². The number of hydrogen-bond donors (Lipinski definition) is 0. The van der Waals surface area contributed by atoms with E-state index >= 15 is 0 Å². The Morgan fingerprint density at radius 2 is 2.17 bits per heavy atom. The number of fused-ring (bicyclic) bond motifs is 1. The van der Waals surface area contributed by atoms with Crippen LogP contribution in [-0.4, -0.2) is 53.7 Å². The first-order chi connectivity index (χ1) is 14.5. The third kappa shape index (κ3) is 3.78. The molecule has 10 heteroatoms. The van der Waals surface area contributed by atoms with E-state index in [-0.39, 0.29) is 24.1 Å². The van der Waals surface area contributed by atoms with Crippen molar-refractivity contribution in [2.24, 2.45) is 14.1 Å². The van der Waals surface area contributed by atoms with E-state index in [0.717, 1.165) is 23.0 Å². The van der Waals surface area contributed by atoms with E-state index in [0.29, 0.717) is 25.3 Å². The Kier molecular flexibility index (Phi) is 5.49. The zero-order valence-corrected chi connectivity index (χ0v) is 17.0. The topological polar surface area (TPSA) is 104 Å². The number of carbonyl (C=O) groups excluding carboxylic acids is 1. The molecule has 4 heterocycles. The normalized spacial score (nSPS) is 16.3. The number of aryl methyl sites for hydroxylation is 2. The average Bonchev–Trinajstić information content (AvgIpc) is 3.39. The van der Waals surface area contributed by atoms with Crippen LogP contribution in [0.1, 0.15) is 18.4 Å². The summed E-state index contributed by atoms with van der Waals surface area (Å²) >= 11 is 0. The van der Waals surface area contributed by atoms with Crippen LogP contribution in [0.4, 0.5) is 0 Å². The summed E-state index contributed by atoms with van der Waals surface area (Å²) in [7, 11) is 3.22. The van der Waals surface area contributed by atoms with Crippen LogP contribution in [0.25, 0.3) is 11.2 Å². The molecule has 1 amide bonds. The average molecular weight is 412 g/mol. The van der Waals surface area contributed by atoms with E-state index in [1.54, 1.807) is 35.0 Å². The fourth-order valence-corrected chi connectivity index (χ4v) is 3.77. The molecule has 0 aromatic carbocycles. The van der Waals surface area contributed by atoms with E-state index in [9.17, 15) is 14.4 Å². The van der Waals surface area contributed by atoms with Gasteiger partial charge < -0.3 is 14.2 Å². The number of rotatable bonds is 6. The molecule has 4 rings (SSSR count). The van der Waals surface area contributed by atoms with Crippen LogP contribution in [0.2, 0.25) is 0 Å². The Bertz CT molecular complexity index is 1170. The molecule has 1 atom stereocenters. The van der Waals surface area contributed by atoms with Crippen LogP contribution in [0, 0.1) is 0 Å². The van der Waals surface area contributed by atoms with Gasteiger partial charge in [-0.1, -0.05) is 6.07 Å². The molecule has 0 aliphatic carbocycles. The Morgan fingerprint density at radius 3 is 2.87 bits per heavy atom. The number of pyridine rings is 1. The number of nitrogens with zero attached hydrogens (tertiary/aromatic N) is 6. The molecule has 3 aromatic heterocycles. The van der Waals surface area contributed by atoms with Gasteiger partial charge in [-0.3, -0.25) is 19.1 Å². The van der Waals surface area contributed by atoms with E-state index in [4.69, 9.17) is 4.74 Å². The second kappa shape index (κ2) is 8.23. The highest BCUT2D eigenvalue weighted by Gasteiger charge is 2.25. The summed E-state index contributed by atoms with van der Waals surface area (Å²) in [4.78, 5) is 48.7. The molecule has 30 heavy (non-hydrogen) atoms. The van der Waals surface area contributed by atoms with Gasteiger partial charge in [0.15, 0.2) is 11.2 Å². The monoisotopic (exact) mass is 412 g/mol. The Labute approximate surface area is 172 Å². The minimum Gasteiger partial charge on any atom is -0.376 e.